The number of fused-ring (bicyclic) bond motifs is 3. The van der Waals surface area contributed by atoms with E-state index in [0.717, 1.165) is 43.6 Å². The fraction of sp³-hybridized carbons (Fsp3) is 0.579. The first-order chi connectivity index (χ1) is 12.3. The fourth-order valence-electron chi connectivity index (χ4n) is 3.52. The quantitative estimate of drug-likeness (QED) is 0.414. The molecule has 0 saturated carbocycles. The van der Waals surface area contributed by atoms with Gasteiger partial charge in [0.15, 0.2) is 24.6 Å². The molecule has 0 aromatic heterocycles. The summed E-state index contributed by atoms with van der Waals surface area (Å²) in [6.45, 7) is 1.87. The Kier molecular flexibility index (Phi) is 5.46. The largest absolute Gasteiger partial charge is 0.485 e. The Balaban J connectivity index is 1.24. The van der Waals surface area contributed by atoms with E-state index in [1.54, 1.807) is 6.07 Å². The van der Waals surface area contributed by atoms with Crippen LogP contribution in [0.25, 0.3) is 0 Å². The Morgan fingerprint density at radius 3 is 3.04 bits per heavy atom. The zero-order valence-electron chi connectivity index (χ0n) is 14.1. The van der Waals surface area contributed by atoms with E-state index >= 15 is 0 Å². The average molecular weight is 367 g/mol. The average Bonchev–Trinajstić information content (AvgIpc) is 3.21. The van der Waals surface area contributed by atoms with Crippen LogP contribution in [0.5, 0.6) is 11.5 Å². The second kappa shape index (κ2) is 7.96. The zero-order chi connectivity index (χ0) is 17.1. The highest BCUT2D eigenvalue weighted by Crippen LogP contribution is 2.49. The fourth-order valence-corrected chi connectivity index (χ4v) is 3.74. The summed E-state index contributed by atoms with van der Waals surface area (Å²) >= 11 is 6.23. The van der Waals surface area contributed by atoms with Gasteiger partial charge in [-0.3, -0.25) is 0 Å². The van der Waals surface area contributed by atoms with Crippen molar-refractivity contribution in [3.63, 3.8) is 0 Å². The van der Waals surface area contributed by atoms with E-state index in [0.29, 0.717) is 24.0 Å². The molecule has 1 aromatic rings. The molecule has 6 heteroatoms. The van der Waals surface area contributed by atoms with Gasteiger partial charge in [0.1, 0.15) is 6.10 Å². The van der Waals surface area contributed by atoms with Crippen LogP contribution in [0.2, 0.25) is 5.02 Å². The van der Waals surface area contributed by atoms with Gasteiger partial charge in [0.2, 0.25) is 0 Å². The molecule has 5 nitrogen and oxygen atoms in total. The van der Waals surface area contributed by atoms with E-state index in [9.17, 15) is 0 Å². The maximum absolute atomic E-state index is 6.23. The van der Waals surface area contributed by atoms with Crippen molar-refractivity contribution in [2.45, 2.75) is 44.0 Å². The summed E-state index contributed by atoms with van der Waals surface area (Å²) in [6, 6.07) is 3.74. The van der Waals surface area contributed by atoms with E-state index in [2.05, 4.69) is 12.2 Å². The lowest BCUT2D eigenvalue weighted by molar-refractivity contribution is -0.171. The third-order valence-corrected chi connectivity index (χ3v) is 4.97. The molecule has 1 fully saturated rings. The van der Waals surface area contributed by atoms with Crippen LogP contribution < -0.4 is 9.47 Å². The predicted molar refractivity (Wildman–Crippen MR) is 93.4 cm³/mol. The lowest BCUT2D eigenvalue weighted by atomic mass is 9.98. The number of rotatable bonds is 7. The molecule has 1 unspecified atom stereocenters. The molecule has 0 amide bonds. The van der Waals surface area contributed by atoms with Crippen molar-refractivity contribution in [3.05, 3.63) is 34.9 Å². The lowest BCUT2D eigenvalue weighted by Gasteiger charge is -2.22. The molecule has 0 spiro atoms. The third kappa shape index (κ3) is 3.95. The Labute approximate surface area is 152 Å². The summed E-state index contributed by atoms with van der Waals surface area (Å²) in [7, 11) is 0. The SMILES string of the molecule is Clc1cc(OCOCCOC2CCCCO2)c2c(c1)[C@H]1C=CC[C@H]1O2. The standard InChI is InChI=1S/C19H23ClO5/c20-13-10-15-14-4-3-5-16(14)25-19(15)17(11-13)24-12-21-8-9-23-18-6-1-2-7-22-18/h3-4,10-11,14,16,18H,1-2,5-9,12H2/t14-,16-,18?/m1/s1. The van der Waals surface area contributed by atoms with E-state index in [-0.39, 0.29) is 25.1 Å². The van der Waals surface area contributed by atoms with Gasteiger partial charge in [-0.25, -0.2) is 0 Å². The molecule has 136 valence electrons. The Bertz CT molecular complexity index is 626. The zero-order valence-corrected chi connectivity index (χ0v) is 14.9. The van der Waals surface area contributed by atoms with Crippen molar-refractivity contribution < 1.29 is 23.7 Å². The van der Waals surface area contributed by atoms with Crippen LogP contribution in [0.4, 0.5) is 0 Å². The molecule has 0 N–H and O–H groups in total. The summed E-state index contributed by atoms with van der Waals surface area (Å²) in [5.74, 6) is 1.71. The summed E-state index contributed by atoms with van der Waals surface area (Å²) in [5, 5.41) is 0.649. The summed E-state index contributed by atoms with van der Waals surface area (Å²) in [4.78, 5) is 0. The molecule has 0 radical (unpaired) electrons. The molecular weight excluding hydrogens is 344 g/mol. The minimum Gasteiger partial charge on any atom is -0.485 e. The van der Waals surface area contributed by atoms with Crippen LogP contribution in [0.1, 0.15) is 37.2 Å². The number of hydrogen-bond acceptors (Lipinski definition) is 5. The van der Waals surface area contributed by atoms with Gasteiger partial charge in [-0.15, -0.1) is 0 Å². The number of ether oxygens (including phenoxy) is 5. The van der Waals surface area contributed by atoms with Crippen molar-refractivity contribution >= 4 is 11.6 Å². The smallest absolute Gasteiger partial charge is 0.189 e. The monoisotopic (exact) mass is 366 g/mol. The van der Waals surface area contributed by atoms with Gasteiger partial charge in [0, 0.05) is 35.6 Å². The van der Waals surface area contributed by atoms with Crippen molar-refractivity contribution in [1.29, 1.82) is 0 Å². The molecule has 2 aliphatic heterocycles. The van der Waals surface area contributed by atoms with E-state index in [1.165, 1.54) is 0 Å². The highest BCUT2D eigenvalue weighted by Gasteiger charge is 2.37. The van der Waals surface area contributed by atoms with Gasteiger partial charge < -0.3 is 23.7 Å². The van der Waals surface area contributed by atoms with Crippen molar-refractivity contribution in [2.75, 3.05) is 26.6 Å². The summed E-state index contributed by atoms with van der Waals surface area (Å²) < 4.78 is 28.4. The van der Waals surface area contributed by atoms with Gasteiger partial charge in [-0.1, -0.05) is 23.8 Å². The Morgan fingerprint density at radius 2 is 2.16 bits per heavy atom. The minimum atomic E-state index is -0.0877. The predicted octanol–water partition coefficient (Wildman–Crippen LogP) is 4.04. The number of hydrogen-bond donors (Lipinski definition) is 0. The lowest BCUT2D eigenvalue weighted by Crippen LogP contribution is -2.24. The first-order valence-electron chi connectivity index (χ1n) is 8.92. The van der Waals surface area contributed by atoms with Gasteiger partial charge in [0.25, 0.3) is 0 Å². The normalized spacial score (nSPS) is 27.0. The first-order valence-corrected chi connectivity index (χ1v) is 9.29. The summed E-state index contributed by atoms with van der Waals surface area (Å²) in [5.41, 5.74) is 1.10. The van der Waals surface area contributed by atoms with Crippen LogP contribution in [0.15, 0.2) is 24.3 Å². The highest BCUT2D eigenvalue weighted by molar-refractivity contribution is 6.30. The van der Waals surface area contributed by atoms with Crippen LogP contribution in [-0.4, -0.2) is 39.0 Å². The molecule has 3 aliphatic rings. The van der Waals surface area contributed by atoms with E-state index in [1.807, 2.05) is 6.07 Å². The van der Waals surface area contributed by atoms with Crippen molar-refractivity contribution in [1.82, 2.24) is 0 Å². The minimum absolute atomic E-state index is 0.0877. The molecule has 3 atom stereocenters. The topological polar surface area (TPSA) is 46.2 Å². The second-order valence-corrected chi connectivity index (χ2v) is 6.94. The highest BCUT2D eigenvalue weighted by atomic mass is 35.5. The maximum atomic E-state index is 6.23. The molecule has 4 rings (SSSR count). The van der Waals surface area contributed by atoms with E-state index in [4.69, 9.17) is 35.3 Å². The molecule has 1 saturated heterocycles. The summed E-state index contributed by atoms with van der Waals surface area (Å²) in [6.07, 6.45) is 8.57. The van der Waals surface area contributed by atoms with Gasteiger partial charge in [0.05, 0.1) is 13.2 Å². The van der Waals surface area contributed by atoms with Crippen LogP contribution >= 0.6 is 11.6 Å². The number of halogens is 1. The van der Waals surface area contributed by atoms with Gasteiger partial charge in [-0.05, 0) is 25.3 Å². The van der Waals surface area contributed by atoms with Crippen LogP contribution in [0.3, 0.4) is 0 Å². The molecule has 25 heavy (non-hydrogen) atoms. The van der Waals surface area contributed by atoms with Crippen LogP contribution in [-0.2, 0) is 14.2 Å². The molecule has 2 heterocycles. The third-order valence-electron chi connectivity index (χ3n) is 4.76. The molecule has 1 aromatic carbocycles. The Hall–Kier alpha value is -1.27. The maximum Gasteiger partial charge on any atom is 0.189 e. The van der Waals surface area contributed by atoms with Crippen LogP contribution in [0, 0.1) is 0 Å². The van der Waals surface area contributed by atoms with Crippen molar-refractivity contribution in [2.24, 2.45) is 0 Å². The van der Waals surface area contributed by atoms with Gasteiger partial charge >= 0.3 is 0 Å². The Morgan fingerprint density at radius 1 is 1.20 bits per heavy atom. The van der Waals surface area contributed by atoms with Gasteiger partial charge in [-0.2, -0.15) is 0 Å². The van der Waals surface area contributed by atoms with Crippen molar-refractivity contribution in [3.8, 4) is 11.5 Å². The second-order valence-electron chi connectivity index (χ2n) is 6.51. The van der Waals surface area contributed by atoms with E-state index < -0.39 is 0 Å². The number of benzene rings is 1. The molecular formula is C19H23ClO5. The molecule has 1 aliphatic carbocycles. The first kappa shape index (κ1) is 17.2. The molecule has 0 bridgehead atoms.